The minimum atomic E-state index is -0.340. The van der Waals surface area contributed by atoms with Crippen molar-refractivity contribution in [2.75, 3.05) is 0 Å². The summed E-state index contributed by atoms with van der Waals surface area (Å²) in [6, 6.07) is 3.89. The second-order valence-electron chi connectivity index (χ2n) is 4.78. The fraction of sp³-hybridized carbons (Fsp3) is 0.462. The van der Waals surface area contributed by atoms with Gasteiger partial charge in [-0.2, -0.15) is 4.98 Å². The van der Waals surface area contributed by atoms with Crippen LogP contribution in [0.2, 0.25) is 0 Å². The van der Waals surface area contributed by atoms with E-state index >= 15 is 0 Å². The standard InChI is InChI=1S/C13H16BrFN2O/c1-7(2)17-11-6-9(14)5-10(15)12(11)16-13(17)18-8(3)4/h5-8H,1-4H3. The summed E-state index contributed by atoms with van der Waals surface area (Å²) in [7, 11) is 0. The van der Waals surface area contributed by atoms with E-state index in [1.54, 1.807) is 0 Å². The molecule has 5 heteroatoms. The van der Waals surface area contributed by atoms with Gasteiger partial charge in [0, 0.05) is 10.5 Å². The van der Waals surface area contributed by atoms with Gasteiger partial charge in [0.15, 0.2) is 5.82 Å². The Morgan fingerprint density at radius 3 is 2.50 bits per heavy atom. The Morgan fingerprint density at radius 1 is 1.28 bits per heavy atom. The third kappa shape index (κ3) is 2.36. The first-order valence-corrected chi connectivity index (χ1v) is 6.73. The van der Waals surface area contributed by atoms with Crippen molar-refractivity contribution < 1.29 is 9.13 Å². The van der Waals surface area contributed by atoms with Gasteiger partial charge in [-0.1, -0.05) is 15.9 Å². The Labute approximate surface area is 114 Å². The average molecular weight is 315 g/mol. The van der Waals surface area contributed by atoms with Crippen LogP contribution < -0.4 is 4.74 Å². The van der Waals surface area contributed by atoms with Crippen molar-refractivity contribution in [2.45, 2.75) is 39.8 Å². The van der Waals surface area contributed by atoms with Gasteiger partial charge in [0.05, 0.1) is 11.6 Å². The lowest BCUT2D eigenvalue weighted by Gasteiger charge is -2.15. The summed E-state index contributed by atoms with van der Waals surface area (Å²) in [6.07, 6.45) is 0.00538. The van der Waals surface area contributed by atoms with Gasteiger partial charge in [-0.15, -0.1) is 0 Å². The molecular formula is C13H16BrFN2O. The molecule has 2 aromatic rings. The summed E-state index contributed by atoms with van der Waals surface area (Å²) < 4.78 is 22.1. The maximum atomic E-state index is 13.9. The topological polar surface area (TPSA) is 27.1 Å². The number of imidazole rings is 1. The van der Waals surface area contributed by atoms with Gasteiger partial charge < -0.3 is 4.74 Å². The molecule has 0 saturated carbocycles. The molecule has 0 aliphatic heterocycles. The van der Waals surface area contributed by atoms with Crippen LogP contribution in [0.5, 0.6) is 6.01 Å². The van der Waals surface area contributed by atoms with Crippen molar-refractivity contribution >= 4 is 27.0 Å². The van der Waals surface area contributed by atoms with Crippen molar-refractivity contribution in [1.29, 1.82) is 0 Å². The molecule has 0 spiro atoms. The van der Waals surface area contributed by atoms with Crippen LogP contribution in [0.3, 0.4) is 0 Å². The van der Waals surface area contributed by atoms with Crippen molar-refractivity contribution in [3.63, 3.8) is 0 Å². The second-order valence-corrected chi connectivity index (χ2v) is 5.70. The average Bonchev–Trinajstić information content (AvgIpc) is 2.54. The molecule has 3 nitrogen and oxygen atoms in total. The van der Waals surface area contributed by atoms with Crippen LogP contribution in [0.25, 0.3) is 11.0 Å². The molecule has 0 fully saturated rings. The minimum Gasteiger partial charge on any atom is -0.462 e. The molecule has 1 heterocycles. The second kappa shape index (κ2) is 4.88. The zero-order valence-corrected chi connectivity index (χ0v) is 12.5. The normalized spacial score (nSPS) is 11.8. The van der Waals surface area contributed by atoms with Gasteiger partial charge in [-0.25, -0.2) is 4.39 Å². The molecule has 0 aliphatic carbocycles. The summed E-state index contributed by atoms with van der Waals surface area (Å²) in [5, 5.41) is 0. The number of hydrogen-bond acceptors (Lipinski definition) is 2. The smallest absolute Gasteiger partial charge is 0.297 e. The van der Waals surface area contributed by atoms with E-state index in [0.717, 1.165) is 5.52 Å². The lowest BCUT2D eigenvalue weighted by atomic mass is 10.3. The zero-order chi connectivity index (χ0) is 13.4. The van der Waals surface area contributed by atoms with Gasteiger partial charge in [-0.3, -0.25) is 4.57 Å². The molecule has 1 aromatic heterocycles. The van der Waals surface area contributed by atoms with Crippen LogP contribution in [-0.4, -0.2) is 15.7 Å². The molecule has 0 amide bonds. The first-order valence-electron chi connectivity index (χ1n) is 5.93. The Balaban J connectivity index is 2.71. The number of hydrogen-bond donors (Lipinski definition) is 0. The van der Waals surface area contributed by atoms with E-state index in [1.807, 2.05) is 38.3 Å². The minimum absolute atomic E-state index is 0.00538. The van der Waals surface area contributed by atoms with Gasteiger partial charge in [0.2, 0.25) is 0 Å². The van der Waals surface area contributed by atoms with E-state index in [1.165, 1.54) is 6.07 Å². The fourth-order valence-electron chi connectivity index (χ4n) is 1.89. The summed E-state index contributed by atoms with van der Waals surface area (Å²) in [6.45, 7) is 7.90. The molecule has 18 heavy (non-hydrogen) atoms. The largest absolute Gasteiger partial charge is 0.462 e. The van der Waals surface area contributed by atoms with Crippen LogP contribution in [0, 0.1) is 5.82 Å². The number of benzene rings is 1. The highest BCUT2D eigenvalue weighted by atomic mass is 79.9. The predicted octanol–water partition coefficient (Wildman–Crippen LogP) is 4.31. The highest BCUT2D eigenvalue weighted by Gasteiger charge is 2.18. The van der Waals surface area contributed by atoms with Gasteiger partial charge >= 0.3 is 0 Å². The Kier molecular flexibility index (Phi) is 3.61. The molecule has 0 unspecified atom stereocenters. The van der Waals surface area contributed by atoms with Crippen molar-refractivity contribution in [1.82, 2.24) is 9.55 Å². The highest BCUT2D eigenvalue weighted by Crippen LogP contribution is 2.30. The molecule has 0 bridgehead atoms. The molecule has 0 saturated heterocycles. The van der Waals surface area contributed by atoms with Crippen LogP contribution in [0.4, 0.5) is 4.39 Å². The van der Waals surface area contributed by atoms with E-state index in [9.17, 15) is 4.39 Å². The lowest BCUT2D eigenvalue weighted by molar-refractivity contribution is 0.210. The zero-order valence-electron chi connectivity index (χ0n) is 10.9. The number of rotatable bonds is 3. The number of halogens is 2. The summed E-state index contributed by atoms with van der Waals surface area (Å²) in [5.74, 6) is -0.340. The van der Waals surface area contributed by atoms with E-state index < -0.39 is 0 Å². The molecule has 0 aliphatic rings. The van der Waals surface area contributed by atoms with E-state index in [-0.39, 0.29) is 18.0 Å². The third-order valence-corrected chi connectivity index (χ3v) is 3.00. The summed E-state index contributed by atoms with van der Waals surface area (Å²) >= 11 is 3.30. The molecule has 0 atom stereocenters. The number of ether oxygens (including phenoxy) is 1. The monoisotopic (exact) mass is 314 g/mol. The van der Waals surface area contributed by atoms with E-state index in [2.05, 4.69) is 20.9 Å². The lowest BCUT2D eigenvalue weighted by Crippen LogP contribution is -2.12. The predicted molar refractivity (Wildman–Crippen MR) is 73.5 cm³/mol. The molecule has 0 N–H and O–H groups in total. The third-order valence-electron chi connectivity index (χ3n) is 2.54. The van der Waals surface area contributed by atoms with E-state index in [4.69, 9.17) is 4.74 Å². The summed E-state index contributed by atoms with van der Waals surface area (Å²) in [4.78, 5) is 4.26. The molecule has 98 valence electrons. The van der Waals surface area contributed by atoms with Crippen LogP contribution in [0.1, 0.15) is 33.7 Å². The van der Waals surface area contributed by atoms with Crippen LogP contribution >= 0.6 is 15.9 Å². The Hall–Kier alpha value is -1.10. The quantitative estimate of drug-likeness (QED) is 0.844. The van der Waals surface area contributed by atoms with Gasteiger partial charge in [0.1, 0.15) is 5.52 Å². The number of fused-ring (bicyclic) bond motifs is 1. The van der Waals surface area contributed by atoms with Crippen molar-refractivity contribution in [3.8, 4) is 6.01 Å². The van der Waals surface area contributed by atoms with Crippen LogP contribution in [-0.2, 0) is 0 Å². The van der Waals surface area contributed by atoms with Crippen molar-refractivity contribution in [2.24, 2.45) is 0 Å². The molecular weight excluding hydrogens is 299 g/mol. The first kappa shape index (κ1) is 13.3. The number of aromatic nitrogens is 2. The fourth-order valence-corrected chi connectivity index (χ4v) is 2.31. The SMILES string of the molecule is CC(C)Oc1nc2c(F)cc(Br)cc2n1C(C)C. The maximum absolute atomic E-state index is 13.9. The van der Waals surface area contributed by atoms with Gasteiger partial charge in [-0.05, 0) is 39.8 Å². The summed E-state index contributed by atoms with van der Waals surface area (Å²) in [5.41, 5.74) is 1.09. The van der Waals surface area contributed by atoms with Gasteiger partial charge in [0.25, 0.3) is 6.01 Å². The number of nitrogens with zero attached hydrogens (tertiary/aromatic N) is 2. The Bertz CT molecular complexity index is 578. The Morgan fingerprint density at radius 2 is 1.94 bits per heavy atom. The molecule has 1 aromatic carbocycles. The highest BCUT2D eigenvalue weighted by molar-refractivity contribution is 9.10. The molecule has 2 rings (SSSR count). The van der Waals surface area contributed by atoms with E-state index in [0.29, 0.717) is 16.0 Å². The molecule has 0 radical (unpaired) electrons. The first-order chi connectivity index (χ1) is 8.40. The van der Waals surface area contributed by atoms with Crippen molar-refractivity contribution in [3.05, 3.63) is 22.4 Å². The maximum Gasteiger partial charge on any atom is 0.297 e. The van der Waals surface area contributed by atoms with Crippen LogP contribution in [0.15, 0.2) is 16.6 Å².